The highest BCUT2D eigenvalue weighted by Crippen LogP contribution is 2.30. The Morgan fingerprint density at radius 1 is 1.42 bits per heavy atom. The molecule has 1 aromatic carbocycles. The van der Waals surface area contributed by atoms with Gasteiger partial charge in [-0.25, -0.2) is 8.42 Å². The van der Waals surface area contributed by atoms with Crippen molar-refractivity contribution in [3.63, 3.8) is 0 Å². The second kappa shape index (κ2) is 5.81. The van der Waals surface area contributed by atoms with Crippen LogP contribution in [0.5, 0.6) is 5.75 Å². The number of hydrogen-bond donors (Lipinski definition) is 0. The minimum absolute atomic E-state index is 0.293. The Morgan fingerprint density at radius 3 is 2.79 bits per heavy atom. The van der Waals surface area contributed by atoms with Crippen LogP contribution in [0.2, 0.25) is 0 Å². The largest absolute Gasteiger partial charge is 0.496 e. The molecule has 0 bridgehead atoms. The highest BCUT2D eigenvalue weighted by atomic mass is 79.9. The molecule has 19 heavy (non-hydrogen) atoms. The van der Waals surface area contributed by atoms with Gasteiger partial charge in [-0.2, -0.15) is 4.31 Å². The number of nitrogens with zero attached hydrogens (tertiary/aromatic N) is 1. The first-order valence-corrected chi connectivity index (χ1v) is 8.52. The molecule has 0 aliphatic carbocycles. The number of hydrogen-bond acceptors (Lipinski definition) is 3. The molecule has 0 saturated carbocycles. The lowest BCUT2D eigenvalue weighted by Crippen LogP contribution is -2.39. The van der Waals surface area contributed by atoms with Gasteiger partial charge >= 0.3 is 0 Å². The fourth-order valence-electron chi connectivity index (χ4n) is 2.31. The maximum atomic E-state index is 12.6. The van der Waals surface area contributed by atoms with Gasteiger partial charge in [0.1, 0.15) is 5.75 Å². The van der Waals surface area contributed by atoms with Gasteiger partial charge in [0.05, 0.1) is 16.5 Å². The average molecular weight is 348 g/mol. The molecule has 0 radical (unpaired) electrons. The summed E-state index contributed by atoms with van der Waals surface area (Å²) in [6.45, 7) is 3.29. The highest BCUT2D eigenvalue weighted by Gasteiger charge is 2.29. The van der Waals surface area contributed by atoms with Crippen molar-refractivity contribution in [2.75, 3.05) is 20.2 Å². The molecular weight excluding hydrogens is 330 g/mol. The molecule has 0 N–H and O–H groups in total. The lowest BCUT2D eigenvalue weighted by molar-refractivity contribution is 0.281. The lowest BCUT2D eigenvalue weighted by Gasteiger charge is -2.30. The number of piperidine rings is 1. The van der Waals surface area contributed by atoms with E-state index in [9.17, 15) is 8.42 Å². The second-order valence-corrected chi connectivity index (χ2v) is 7.70. The zero-order valence-corrected chi connectivity index (χ0v) is 13.5. The van der Waals surface area contributed by atoms with Crippen molar-refractivity contribution in [3.05, 3.63) is 22.7 Å². The van der Waals surface area contributed by atoms with E-state index in [1.165, 1.54) is 7.11 Å². The first kappa shape index (κ1) is 14.8. The van der Waals surface area contributed by atoms with Crippen LogP contribution in [0.1, 0.15) is 19.8 Å². The Morgan fingerprint density at radius 2 is 2.16 bits per heavy atom. The summed E-state index contributed by atoms with van der Waals surface area (Å²) in [6.07, 6.45) is 2.02. The van der Waals surface area contributed by atoms with E-state index in [0.717, 1.165) is 17.3 Å². The van der Waals surface area contributed by atoms with Crippen LogP contribution in [-0.4, -0.2) is 32.9 Å². The monoisotopic (exact) mass is 347 g/mol. The highest BCUT2D eigenvalue weighted by molar-refractivity contribution is 9.10. The van der Waals surface area contributed by atoms with Gasteiger partial charge in [-0.3, -0.25) is 0 Å². The van der Waals surface area contributed by atoms with E-state index < -0.39 is 10.0 Å². The Balaban J connectivity index is 2.33. The number of methoxy groups -OCH3 is 1. The quantitative estimate of drug-likeness (QED) is 0.844. The summed E-state index contributed by atoms with van der Waals surface area (Å²) >= 11 is 3.33. The van der Waals surface area contributed by atoms with Gasteiger partial charge in [0, 0.05) is 19.2 Å². The molecular formula is C13H18BrNO3S. The summed E-state index contributed by atoms with van der Waals surface area (Å²) in [5.74, 6) is 0.951. The van der Waals surface area contributed by atoms with E-state index in [-0.39, 0.29) is 0 Å². The standard InChI is InChI=1S/C13H18BrNO3S/c1-10-4-3-7-15(9-10)19(16,17)11-5-6-12(14)13(8-11)18-2/h5-6,8,10H,3-4,7,9H2,1-2H3/t10-/m0/s1. The maximum Gasteiger partial charge on any atom is 0.243 e. The molecule has 1 aliphatic rings. The average Bonchev–Trinajstić information content (AvgIpc) is 2.39. The van der Waals surface area contributed by atoms with Crippen molar-refractivity contribution in [1.82, 2.24) is 4.31 Å². The van der Waals surface area contributed by atoms with E-state index >= 15 is 0 Å². The second-order valence-electron chi connectivity index (χ2n) is 4.91. The molecule has 1 fully saturated rings. The zero-order valence-electron chi connectivity index (χ0n) is 11.1. The molecule has 2 rings (SSSR count). The van der Waals surface area contributed by atoms with Gasteiger partial charge < -0.3 is 4.74 Å². The summed E-state index contributed by atoms with van der Waals surface area (Å²) in [5.41, 5.74) is 0. The summed E-state index contributed by atoms with van der Waals surface area (Å²) in [6, 6.07) is 4.89. The third kappa shape index (κ3) is 3.12. The molecule has 0 unspecified atom stereocenters. The third-order valence-corrected chi connectivity index (χ3v) is 5.90. The van der Waals surface area contributed by atoms with Crippen LogP contribution in [0.3, 0.4) is 0 Å². The fourth-order valence-corrected chi connectivity index (χ4v) is 4.34. The number of halogens is 1. The molecule has 1 saturated heterocycles. The SMILES string of the molecule is COc1cc(S(=O)(=O)N2CCC[C@H](C)C2)ccc1Br. The van der Waals surface area contributed by atoms with Crippen molar-refractivity contribution in [1.29, 1.82) is 0 Å². The third-order valence-electron chi connectivity index (χ3n) is 3.38. The molecule has 4 nitrogen and oxygen atoms in total. The molecule has 0 amide bonds. The normalized spacial score (nSPS) is 21.3. The predicted molar refractivity (Wildman–Crippen MR) is 77.9 cm³/mol. The van der Waals surface area contributed by atoms with Crippen LogP contribution in [0.25, 0.3) is 0 Å². The van der Waals surface area contributed by atoms with Gasteiger partial charge in [-0.15, -0.1) is 0 Å². The first-order valence-electron chi connectivity index (χ1n) is 6.29. The summed E-state index contributed by atoms with van der Waals surface area (Å²) in [5, 5.41) is 0. The minimum atomic E-state index is -3.41. The molecule has 0 aromatic heterocycles. The van der Waals surface area contributed by atoms with Crippen LogP contribution in [-0.2, 0) is 10.0 Å². The van der Waals surface area contributed by atoms with Crippen LogP contribution >= 0.6 is 15.9 Å². The Kier molecular flexibility index (Phi) is 4.53. The van der Waals surface area contributed by atoms with Crippen LogP contribution in [0.4, 0.5) is 0 Å². The Bertz CT molecular complexity index is 559. The summed E-state index contributed by atoms with van der Waals surface area (Å²) in [4.78, 5) is 0.293. The van der Waals surface area contributed by atoms with E-state index in [0.29, 0.717) is 29.7 Å². The number of ether oxygens (including phenoxy) is 1. The smallest absolute Gasteiger partial charge is 0.243 e. The van der Waals surface area contributed by atoms with Crippen molar-refractivity contribution in [2.45, 2.75) is 24.7 Å². The Hall–Kier alpha value is -0.590. The van der Waals surface area contributed by atoms with Crippen LogP contribution in [0, 0.1) is 5.92 Å². The minimum Gasteiger partial charge on any atom is -0.496 e. The van der Waals surface area contributed by atoms with Gasteiger partial charge in [-0.05, 0) is 46.8 Å². The molecule has 1 heterocycles. The van der Waals surface area contributed by atoms with Gasteiger partial charge in [0.25, 0.3) is 0 Å². The molecule has 0 spiro atoms. The molecule has 106 valence electrons. The molecule has 1 aliphatic heterocycles. The van der Waals surface area contributed by atoms with E-state index in [4.69, 9.17) is 4.74 Å². The summed E-state index contributed by atoms with van der Waals surface area (Å²) < 4.78 is 32.6. The number of benzene rings is 1. The predicted octanol–water partition coefficient (Wildman–Crippen LogP) is 2.88. The van der Waals surface area contributed by atoms with Crippen molar-refractivity contribution in [2.24, 2.45) is 5.92 Å². The first-order chi connectivity index (χ1) is 8.95. The van der Waals surface area contributed by atoms with Crippen LogP contribution in [0.15, 0.2) is 27.6 Å². The number of rotatable bonds is 3. The van der Waals surface area contributed by atoms with Crippen molar-refractivity contribution >= 4 is 26.0 Å². The lowest BCUT2D eigenvalue weighted by atomic mass is 10.0. The van der Waals surface area contributed by atoms with Gasteiger partial charge in [0.2, 0.25) is 10.0 Å². The summed E-state index contributed by atoms with van der Waals surface area (Å²) in [7, 11) is -1.88. The van der Waals surface area contributed by atoms with Crippen molar-refractivity contribution < 1.29 is 13.2 Å². The molecule has 6 heteroatoms. The van der Waals surface area contributed by atoms with Gasteiger partial charge in [0.15, 0.2) is 0 Å². The van der Waals surface area contributed by atoms with Gasteiger partial charge in [-0.1, -0.05) is 6.92 Å². The Labute approximate surface area is 122 Å². The fraction of sp³-hybridized carbons (Fsp3) is 0.538. The molecule has 1 atom stereocenters. The van der Waals surface area contributed by atoms with E-state index in [2.05, 4.69) is 22.9 Å². The maximum absolute atomic E-state index is 12.6. The zero-order chi connectivity index (χ0) is 14.0. The molecule has 1 aromatic rings. The number of sulfonamides is 1. The van der Waals surface area contributed by atoms with E-state index in [1.807, 2.05) is 0 Å². The van der Waals surface area contributed by atoms with Crippen LogP contribution < -0.4 is 4.74 Å². The topological polar surface area (TPSA) is 46.6 Å². The van der Waals surface area contributed by atoms with E-state index in [1.54, 1.807) is 22.5 Å². The van der Waals surface area contributed by atoms with Crippen molar-refractivity contribution in [3.8, 4) is 5.75 Å².